The van der Waals surface area contributed by atoms with Gasteiger partial charge in [0.25, 0.3) is 0 Å². The van der Waals surface area contributed by atoms with Crippen molar-refractivity contribution in [1.29, 1.82) is 0 Å². The van der Waals surface area contributed by atoms with E-state index in [-0.39, 0.29) is 5.75 Å². The van der Waals surface area contributed by atoms with Gasteiger partial charge in [0.1, 0.15) is 5.75 Å². The van der Waals surface area contributed by atoms with E-state index >= 15 is 0 Å². The molecule has 2 heterocycles. The molecule has 2 aromatic heterocycles. The molecule has 0 unspecified atom stereocenters. The molecular formula is C9H9N3O. The lowest BCUT2D eigenvalue weighted by atomic mass is 10.2. The van der Waals surface area contributed by atoms with Gasteiger partial charge in [0, 0.05) is 25.5 Å². The Balaban J connectivity index is 2.53. The highest BCUT2D eigenvalue weighted by atomic mass is 16.3. The average molecular weight is 175 g/mol. The van der Waals surface area contributed by atoms with Crippen molar-refractivity contribution in [1.82, 2.24) is 14.8 Å². The monoisotopic (exact) mass is 175 g/mol. The van der Waals surface area contributed by atoms with E-state index in [2.05, 4.69) is 10.1 Å². The van der Waals surface area contributed by atoms with Crippen LogP contribution in [0.1, 0.15) is 0 Å². The van der Waals surface area contributed by atoms with Crippen molar-refractivity contribution in [2.45, 2.75) is 0 Å². The molecule has 0 aliphatic carbocycles. The van der Waals surface area contributed by atoms with E-state index in [4.69, 9.17) is 0 Å². The number of aryl methyl sites for hydroxylation is 1. The van der Waals surface area contributed by atoms with Gasteiger partial charge >= 0.3 is 0 Å². The van der Waals surface area contributed by atoms with Crippen LogP contribution in [0.25, 0.3) is 11.4 Å². The van der Waals surface area contributed by atoms with Crippen LogP contribution in [0.2, 0.25) is 0 Å². The second kappa shape index (κ2) is 2.90. The summed E-state index contributed by atoms with van der Waals surface area (Å²) in [5.41, 5.74) is 1.61. The zero-order valence-electron chi connectivity index (χ0n) is 7.18. The van der Waals surface area contributed by atoms with Gasteiger partial charge in [-0.25, -0.2) is 0 Å². The highest BCUT2D eigenvalue weighted by molar-refractivity contribution is 5.55. The molecule has 2 aromatic rings. The molecule has 0 aliphatic rings. The van der Waals surface area contributed by atoms with Crippen LogP contribution in [-0.4, -0.2) is 19.9 Å². The molecule has 1 N–H and O–H groups in total. The summed E-state index contributed by atoms with van der Waals surface area (Å²) >= 11 is 0. The summed E-state index contributed by atoms with van der Waals surface area (Å²) in [6.45, 7) is 0. The zero-order chi connectivity index (χ0) is 9.26. The van der Waals surface area contributed by atoms with Crippen molar-refractivity contribution >= 4 is 0 Å². The van der Waals surface area contributed by atoms with Crippen molar-refractivity contribution in [3.63, 3.8) is 0 Å². The fourth-order valence-corrected chi connectivity index (χ4v) is 1.18. The molecule has 0 fully saturated rings. The SMILES string of the molecule is Cn1nccc1-c1cc(O)ccn1. The van der Waals surface area contributed by atoms with Crippen LogP contribution in [0.15, 0.2) is 30.6 Å². The van der Waals surface area contributed by atoms with Gasteiger partial charge in [0.05, 0.1) is 11.4 Å². The minimum Gasteiger partial charge on any atom is -0.508 e. The lowest BCUT2D eigenvalue weighted by Crippen LogP contribution is -1.94. The summed E-state index contributed by atoms with van der Waals surface area (Å²) in [5.74, 6) is 0.214. The molecule has 0 spiro atoms. The predicted molar refractivity (Wildman–Crippen MR) is 48.1 cm³/mol. The van der Waals surface area contributed by atoms with Crippen molar-refractivity contribution in [3.8, 4) is 17.1 Å². The number of pyridine rings is 1. The molecular weight excluding hydrogens is 166 g/mol. The van der Waals surface area contributed by atoms with Crippen molar-refractivity contribution in [3.05, 3.63) is 30.6 Å². The van der Waals surface area contributed by atoms with Crippen LogP contribution in [-0.2, 0) is 7.05 Å². The van der Waals surface area contributed by atoms with E-state index in [0.29, 0.717) is 0 Å². The minimum absolute atomic E-state index is 0.214. The molecule has 0 aliphatic heterocycles. The minimum atomic E-state index is 0.214. The Hall–Kier alpha value is -1.84. The number of aromatic hydroxyl groups is 1. The van der Waals surface area contributed by atoms with E-state index in [9.17, 15) is 5.11 Å². The second-order valence-corrected chi connectivity index (χ2v) is 2.74. The van der Waals surface area contributed by atoms with Crippen molar-refractivity contribution < 1.29 is 5.11 Å². The van der Waals surface area contributed by atoms with E-state index < -0.39 is 0 Å². The number of hydrogen-bond acceptors (Lipinski definition) is 3. The maximum Gasteiger partial charge on any atom is 0.119 e. The van der Waals surface area contributed by atoms with Crippen molar-refractivity contribution in [2.75, 3.05) is 0 Å². The first-order valence-corrected chi connectivity index (χ1v) is 3.91. The fraction of sp³-hybridized carbons (Fsp3) is 0.111. The predicted octanol–water partition coefficient (Wildman–Crippen LogP) is 1.19. The van der Waals surface area contributed by atoms with Gasteiger partial charge in [-0.2, -0.15) is 5.10 Å². The Labute approximate surface area is 75.5 Å². The Morgan fingerprint density at radius 2 is 2.15 bits per heavy atom. The van der Waals surface area contributed by atoms with E-state index in [1.54, 1.807) is 29.2 Å². The molecule has 0 aromatic carbocycles. The quantitative estimate of drug-likeness (QED) is 0.708. The van der Waals surface area contributed by atoms with Gasteiger partial charge in [0.15, 0.2) is 0 Å². The van der Waals surface area contributed by atoms with E-state index in [1.807, 2.05) is 13.1 Å². The van der Waals surface area contributed by atoms with Gasteiger partial charge in [-0.1, -0.05) is 0 Å². The van der Waals surface area contributed by atoms with Crippen LogP contribution in [0, 0.1) is 0 Å². The van der Waals surface area contributed by atoms with Crippen LogP contribution in [0.3, 0.4) is 0 Å². The lowest BCUT2D eigenvalue weighted by molar-refractivity contribution is 0.474. The summed E-state index contributed by atoms with van der Waals surface area (Å²) in [6, 6.07) is 5.00. The maximum absolute atomic E-state index is 9.23. The first-order chi connectivity index (χ1) is 6.27. The molecule has 66 valence electrons. The largest absolute Gasteiger partial charge is 0.508 e. The number of rotatable bonds is 1. The van der Waals surface area contributed by atoms with Gasteiger partial charge in [-0.15, -0.1) is 0 Å². The van der Waals surface area contributed by atoms with Gasteiger partial charge in [-0.3, -0.25) is 9.67 Å². The number of nitrogens with zero attached hydrogens (tertiary/aromatic N) is 3. The van der Waals surface area contributed by atoms with Gasteiger partial charge < -0.3 is 5.11 Å². The molecule has 4 nitrogen and oxygen atoms in total. The maximum atomic E-state index is 9.23. The Morgan fingerprint density at radius 3 is 2.77 bits per heavy atom. The average Bonchev–Trinajstić information content (AvgIpc) is 2.51. The Kier molecular flexibility index (Phi) is 1.73. The lowest BCUT2D eigenvalue weighted by Gasteiger charge is -2.00. The van der Waals surface area contributed by atoms with Crippen molar-refractivity contribution in [2.24, 2.45) is 7.05 Å². The Bertz CT molecular complexity index is 422. The molecule has 13 heavy (non-hydrogen) atoms. The highest BCUT2D eigenvalue weighted by Crippen LogP contribution is 2.18. The van der Waals surface area contributed by atoms with Crippen LogP contribution < -0.4 is 0 Å². The number of aromatic nitrogens is 3. The summed E-state index contributed by atoms with van der Waals surface area (Å²) in [7, 11) is 1.83. The zero-order valence-corrected chi connectivity index (χ0v) is 7.18. The topological polar surface area (TPSA) is 50.9 Å². The summed E-state index contributed by atoms with van der Waals surface area (Å²) in [6.07, 6.45) is 3.26. The fourth-order valence-electron chi connectivity index (χ4n) is 1.18. The highest BCUT2D eigenvalue weighted by Gasteiger charge is 2.03. The van der Waals surface area contributed by atoms with Gasteiger partial charge in [-0.05, 0) is 12.1 Å². The first-order valence-electron chi connectivity index (χ1n) is 3.91. The molecule has 4 heteroatoms. The molecule has 0 amide bonds. The van der Waals surface area contributed by atoms with E-state index in [0.717, 1.165) is 11.4 Å². The molecule has 2 rings (SSSR count). The molecule has 0 saturated carbocycles. The first kappa shape index (κ1) is 7.79. The molecule has 0 bridgehead atoms. The van der Waals surface area contributed by atoms with Crippen LogP contribution >= 0.6 is 0 Å². The number of hydrogen-bond donors (Lipinski definition) is 1. The summed E-state index contributed by atoms with van der Waals surface area (Å²) in [4.78, 5) is 4.12. The smallest absolute Gasteiger partial charge is 0.119 e. The summed E-state index contributed by atoms with van der Waals surface area (Å²) in [5, 5.41) is 13.3. The van der Waals surface area contributed by atoms with E-state index in [1.165, 1.54) is 0 Å². The molecule has 0 saturated heterocycles. The van der Waals surface area contributed by atoms with Crippen LogP contribution in [0.5, 0.6) is 5.75 Å². The molecule has 0 atom stereocenters. The second-order valence-electron chi connectivity index (χ2n) is 2.74. The standard InChI is InChI=1S/C9H9N3O/c1-12-9(3-5-11-12)8-6-7(13)2-4-10-8/h2-6H,1H3,(H,10,13). The Morgan fingerprint density at radius 1 is 1.31 bits per heavy atom. The third kappa shape index (κ3) is 1.38. The third-order valence-electron chi connectivity index (χ3n) is 1.83. The normalized spacial score (nSPS) is 10.2. The third-order valence-corrected chi connectivity index (χ3v) is 1.83. The van der Waals surface area contributed by atoms with Crippen LogP contribution in [0.4, 0.5) is 0 Å². The van der Waals surface area contributed by atoms with Gasteiger partial charge in [0.2, 0.25) is 0 Å². The molecule has 0 radical (unpaired) electrons. The summed E-state index contributed by atoms with van der Waals surface area (Å²) < 4.78 is 1.71.